The third kappa shape index (κ3) is 6.01. The summed E-state index contributed by atoms with van der Waals surface area (Å²) in [6, 6.07) is 8.86. The number of hydrogen-bond donors (Lipinski definition) is 0. The highest BCUT2D eigenvalue weighted by atomic mass is 19.4. The van der Waals surface area contributed by atoms with E-state index in [9.17, 15) is 13.2 Å². The molecule has 3 nitrogen and oxygen atoms in total. The van der Waals surface area contributed by atoms with Crippen LogP contribution in [-0.4, -0.2) is 23.7 Å². The lowest BCUT2D eigenvalue weighted by Gasteiger charge is -2.31. The van der Waals surface area contributed by atoms with Crippen LogP contribution in [0.1, 0.15) is 97.2 Å². The van der Waals surface area contributed by atoms with Gasteiger partial charge in [0.2, 0.25) is 0 Å². The van der Waals surface area contributed by atoms with Crippen LogP contribution in [0.5, 0.6) is 0 Å². The summed E-state index contributed by atoms with van der Waals surface area (Å²) in [5.41, 5.74) is 1.54. The van der Waals surface area contributed by atoms with Gasteiger partial charge in [-0.2, -0.15) is 13.2 Å². The van der Waals surface area contributed by atoms with E-state index < -0.39 is 24.8 Å². The molecular formula is C28H35F3N2O. The normalized spacial score (nSPS) is 20.7. The number of halogens is 3. The maximum Gasteiger partial charge on any atom is 0.416 e. The highest BCUT2D eigenvalue weighted by Gasteiger charge is 2.35. The van der Waals surface area contributed by atoms with Crippen LogP contribution in [0.2, 0.25) is 0 Å². The number of nitrogens with zero attached hydrogens (tertiary/aromatic N) is 2. The molecule has 2 fully saturated rings. The molecule has 0 spiro atoms. The molecular weight excluding hydrogens is 437 g/mol. The van der Waals surface area contributed by atoms with Crippen molar-refractivity contribution < 1.29 is 23.5 Å². The van der Waals surface area contributed by atoms with Gasteiger partial charge in [-0.15, -0.1) is 0 Å². The summed E-state index contributed by atoms with van der Waals surface area (Å²) < 4.78 is 75.6. The van der Waals surface area contributed by atoms with Crippen LogP contribution < -0.4 is 0 Å². The van der Waals surface area contributed by atoms with Crippen LogP contribution in [0.4, 0.5) is 13.2 Å². The lowest BCUT2D eigenvalue weighted by molar-refractivity contribution is -0.138. The number of aryl methyl sites for hydroxylation is 1. The first kappa shape index (κ1) is 19.9. The molecule has 0 atom stereocenters. The minimum Gasteiger partial charge on any atom is -0.391 e. The van der Waals surface area contributed by atoms with E-state index in [-0.39, 0.29) is 17.0 Å². The number of hydrogen-bond acceptors (Lipinski definition) is 3. The monoisotopic (exact) mass is 476 g/mol. The van der Waals surface area contributed by atoms with Gasteiger partial charge >= 0.3 is 6.18 Å². The van der Waals surface area contributed by atoms with Crippen LogP contribution in [0, 0.1) is 0 Å². The quantitative estimate of drug-likeness (QED) is 0.292. The van der Waals surface area contributed by atoms with E-state index in [4.69, 9.17) is 10.3 Å². The zero-order chi connectivity index (χ0) is 27.7. The van der Waals surface area contributed by atoms with Crippen LogP contribution >= 0.6 is 0 Å². The zero-order valence-corrected chi connectivity index (χ0v) is 19.8. The summed E-state index contributed by atoms with van der Waals surface area (Å²) in [4.78, 5) is 6.98. The molecule has 4 rings (SSSR count). The van der Waals surface area contributed by atoms with Gasteiger partial charge in [0.05, 0.1) is 14.0 Å². The lowest BCUT2D eigenvalue weighted by atomic mass is 9.81. The first-order chi connectivity index (χ1) is 17.8. The van der Waals surface area contributed by atoms with E-state index in [0.29, 0.717) is 49.2 Å². The Balaban J connectivity index is 1.57. The summed E-state index contributed by atoms with van der Waals surface area (Å²) in [7, 11) is 0. The molecule has 2 aromatic rings. The van der Waals surface area contributed by atoms with Crippen LogP contribution in [0.15, 0.2) is 41.6 Å². The number of oxime groups is 1. The van der Waals surface area contributed by atoms with Gasteiger partial charge in [-0.1, -0.05) is 55.6 Å². The topological polar surface area (TPSA) is 24.8 Å². The van der Waals surface area contributed by atoms with Gasteiger partial charge in [-0.3, -0.25) is 4.90 Å². The average molecular weight is 477 g/mol. The van der Waals surface area contributed by atoms with Gasteiger partial charge in [0.1, 0.15) is 6.56 Å². The van der Waals surface area contributed by atoms with Crippen molar-refractivity contribution in [3.8, 4) is 0 Å². The van der Waals surface area contributed by atoms with Gasteiger partial charge in [0.15, 0.2) is 0 Å². The van der Waals surface area contributed by atoms with E-state index in [1.54, 1.807) is 24.0 Å². The van der Waals surface area contributed by atoms with Crippen LogP contribution in [-0.2, 0) is 30.5 Å². The third-order valence-electron chi connectivity index (χ3n) is 6.79. The molecule has 0 aromatic heterocycles. The fourth-order valence-electron chi connectivity index (χ4n) is 4.65. The molecule has 34 heavy (non-hydrogen) atoms. The van der Waals surface area contributed by atoms with Crippen molar-refractivity contribution in [2.24, 2.45) is 5.16 Å². The Morgan fingerprint density at radius 1 is 1.06 bits per heavy atom. The van der Waals surface area contributed by atoms with E-state index >= 15 is 0 Å². The molecule has 1 aliphatic carbocycles. The Bertz CT molecular complexity index is 1170. The minimum atomic E-state index is -4.60. The number of likely N-dealkylation sites (tertiary alicyclic amines) is 1. The van der Waals surface area contributed by atoms with Crippen molar-refractivity contribution in [1.82, 2.24) is 4.90 Å². The highest BCUT2D eigenvalue weighted by molar-refractivity contribution is 5.98. The second-order valence-electron chi connectivity index (χ2n) is 9.18. The molecule has 6 heteroatoms. The zero-order valence-electron chi connectivity index (χ0n) is 23.8. The molecule has 1 saturated heterocycles. The van der Waals surface area contributed by atoms with E-state index in [0.717, 1.165) is 37.3 Å². The van der Waals surface area contributed by atoms with Crippen LogP contribution in [0.3, 0.4) is 0 Å². The summed E-state index contributed by atoms with van der Waals surface area (Å²) in [6.07, 6.45) is 1.18. The predicted octanol–water partition coefficient (Wildman–Crippen LogP) is 7.46. The second-order valence-corrected chi connectivity index (χ2v) is 9.18. The highest BCUT2D eigenvalue weighted by Crippen LogP contribution is 2.41. The summed E-state index contributed by atoms with van der Waals surface area (Å²) in [5.74, 6) is -0.176. The largest absolute Gasteiger partial charge is 0.416 e. The molecule has 0 amide bonds. The molecule has 184 valence electrons. The Morgan fingerprint density at radius 3 is 2.47 bits per heavy atom. The Morgan fingerprint density at radius 2 is 1.82 bits per heavy atom. The fraction of sp³-hybridized carbons (Fsp3) is 0.536. The minimum absolute atomic E-state index is 0.176. The summed E-state index contributed by atoms with van der Waals surface area (Å²) >= 11 is 0. The van der Waals surface area contributed by atoms with Gasteiger partial charge in [-0.05, 0) is 91.6 Å². The van der Waals surface area contributed by atoms with Gasteiger partial charge < -0.3 is 4.84 Å². The van der Waals surface area contributed by atoms with Crippen molar-refractivity contribution in [2.45, 2.75) is 83.9 Å². The standard InChI is InChI=1S/C28H35F3N2O/c1-3-22-17-24(11-12-25(22)18-33-14-7-15-33)20(2)32-34-19-21-10-13-26(23-8-5-4-6-9-23)27(16-21)28(29,30)31/h10-13,16-17,23H,3-9,14-15,18-19H2,1-2H3/b32-20+/i18D2,19D2. The summed E-state index contributed by atoms with van der Waals surface area (Å²) in [6.45, 7) is 0.821. The Hall–Kier alpha value is -2.34. The van der Waals surface area contributed by atoms with E-state index in [2.05, 4.69) is 5.16 Å². The van der Waals surface area contributed by atoms with Gasteiger partial charge in [-0.25, -0.2) is 0 Å². The van der Waals surface area contributed by atoms with Crippen molar-refractivity contribution >= 4 is 5.71 Å². The first-order valence-corrected chi connectivity index (χ1v) is 12.2. The molecule has 0 radical (unpaired) electrons. The maximum absolute atomic E-state index is 14.0. The summed E-state index contributed by atoms with van der Waals surface area (Å²) in [5, 5.41) is 3.93. The predicted molar refractivity (Wildman–Crippen MR) is 130 cm³/mol. The molecule has 1 aliphatic heterocycles. The van der Waals surface area contributed by atoms with E-state index in [1.807, 2.05) is 13.0 Å². The first-order valence-electron chi connectivity index (χ1n) is 14.2. The lowest BCUT2D eigenvalue weighted by Crippen LogP contribution is -2.36. The SMILES string of the molecule is [2H]C([2H])(O/N=C(\C)c1ccc(C([2H])([2H])N2CCC2)c(CC)c1)c1ccc(C2CCCCC2)c(C(F)(F)F)c1. The molecule has 2 aromatic carbocycles. The molecule has 0 unspecified atom stereocenters. The number of rotatable bonds is 8. The van der Waals surface area contributed by atoms with Crippen molar-refractivity contribution in [3.63, 3.8) is 0 Å². The third-order valence-corrected chi connectivity index (χ3v) is 6.79. The Labute approximate surface area is 206 Å². The Kier molecular flexibility index (Phi) is 6.41. The van der Waals surface area contributed by atoms with Gasteiger partial charge in [0.25, 0.3) is 0 Å². The molecule has 0 N–H and O–H groups in total. The van der Waals surface area contributed by atoms with E-state index in [1.165, 1.54) is 12.1 Å². The molecule has 1 saturated carbocycles. The van der Waals surface area contributed by atoms with Crippen LogP contribution in [0.25, 0.3) is 0 Å². The molecule has 0 bridgehead atoms. The smallest absolute Gasteiger partial charge is 0.391 e. The van der Waals surface area contributed by atoms with Gasteiger partial charge in [0, 0.05) is 9.24 Å². The second kappa shape index (κ2) is 10.9. The molecule has 1 heterocycles. The van der Waals surface area contributed by atoms with Crippen molar-refractivity contribution in [1.29, 1.82) is 0 Å². The molecule has 2 aliphatic rings. The number of benzene rings is 2. The number of alkyl halides is 3. The maximum atomic E-state index is 14.0. The van der Waals surface area contributed by atoms with Crippen molar-refractivity contribution in [2.75, 3.05) is 13.1 Å². The average Bonchev–Trinajstić information content (AvgIpc) is 2.85. The van der Waals surface area contributed by atoms with Crippen molar-refractivity contribution in [3.05, 3.63) is 69.8 Å². The fourth-order valence-corrected chi connectivity index (χ4v) is 4.65.